The zero-order valence-electron chi connectivity index (χ0n) is 17.9. The van der Waals surface area contributed by atoms with Gasteiger partial charge in [0.15, 0.2) is 0 Å². The molecule has 3 unspecified atom stereocenters. The average Bonchev–Trinajstić information content (AvgIpc) is 2.80. The molecule has 2 aromatic carbocycles. The minimum absolute atomic E-state index is 0.0284. The second kappa shape index (κ2) is 10.3. The maximum absolute atomic E-state index is 12.9. The maximum Gasteiger partial charge on any atom is 0.243 e. The molecule has 3 rings (SSSR count). The Morgan fingerprint density at radius 3 is 2.50 bits per heavy atom. The number of nitrogens with one attached hydrogen (secondary N) is 3. The number of fused-ring (bicyclic) bond motifs is 1. The van der Waals surface area contributed by atoms with Crippen LogP contribution in [0.15, 0.2) is 48.5 Å². The molecule has 3 atom stereocenters. The molecule has 0 saturated carbocycles. The predicted molar refractivity (Wildman–Crippen MR) is 117 cm³/mol. The number of hydrogen-bond acceptors (Lipinski definition) is 4. The van der Waals surface area contributed by atoms with E-state index in [1.807, 2.05) is 50.2 Å². The van der Waals surface area contributed by atoms with Gasteiger partial charge in [-0.05, 0) is 41.2 Å². The lowest BCUT2D eigenvalue weighted by molar-refractivity contribution is -0.131. The van der Waals surface area contributed by atoms with E-state index in [4.69, 9.17) is 4.74 Å². The summed E-state index contributed by atoms with van der Waals surface area (Å²) < 4.78 is 5.16. The highest BCUT2D eigenvalue weighted by molar-refractivity contribution is 5.90. The molecule has 0 spiro atoms. The molecule has 0 fully saturated rings. The van der Waals surface area contributed by atoms with E-state index in [0.29, 0.717) is 19.5 Å². The standard InChI is InChI=1S/C24H31N3O3/c1-4-16(2)22(24(29)26-14-17-9-11-20(30-3)12-10-17)27-23(28)21-13-18-7-5-6-8-19(18)15-25-21/h5-12,16,21-22,25H,4,13-15H2,1-3H3,(H,26,29)(H,27,28). The molecule has 6 nitrogen and oxygen atoms in total. The van der Waals surface area contributed by atoms with Gasteiger partial charge in [-0.1, -0.05) is 56.7 Å². The van der Waals surface area contributed by atoms with E-state index in [9.17, 15) is 9.59 Å². The fourth-order valence-corrected chi connectivity index (χ4v) is 3.64. The third kappa shape index (κ3) is 5.39. The van der Waals surface area contributed by atoms with Crippen molar-refractivity contribution in [2.45, 2.75) is 51.9 Å². The number of ether oxygens (including phenoxy) is 1. The van der Waals surface area contributed by atoms with Gasteiger partial charge in [-0.2, -0.15) is 0 Å². The summed E-state index contributed by atoms with van der Waals surface area (Å²) in [6, 6.07) is 14.8. The highest BCUT2D eigenvalue weighted by atomic mass is 16.5. The van der Waals surface area contributed by atoms with Gasteiger partial charge in [0.05, 0.1) is 13.2 Å². The first-order chi connectivity index (χ1) is 14.5. The number of carbonyl (C=O) groups is 2. The first-order valence-corrected chi connectivity index (χ1v) is 10.5. The molecule has 1 heterocycles. The Balaban J connectivity index is 1.60. The van der Waals surface area contributed by atoms with Crippen molar-refractivity contribution in [1.82, 2.24) is 16.0 Å². The summed E-state index contributed by atoms with van der Waals surface area (Å²) in [5, 5.41) is 9.24. The van der Waals surface area contributed by atoms with Gasteiger partial charge in [-0.25, -0.2) is 0 Å². The zero-order chi connectivity index (χ0) is 21.5. The zero-order valence-corrected chi connectivity index (χ0v) is 17.9. The molecule has 0 bridgehead atoms. The topological polar surface area (TPSA) is 79.5 Å². The van der Waals surface area contributed by atoms with Gasteiger partial charge < -0.3 is 20.7 Å². The first kappa shape index (κ1) is 21.8. The second-order valence-electron chi connectivity index (χ2n) is 7.84. The summed E-state index contributed by atoms with van der Waals surface area (Å²) in [7, 11) is 1.62. The molecule has 2 aromatic rings. The number of rotatable bonds is 8. The van der Waals surface area contributed by atoms with Crippen LogP contribution in [0.2, 0.25) is 0 Å². The van der Waals surface area contributed by atoms with Gasteiger partial charge in [0.25, 0.3) is 0 Å². The molecular formula is C24H31N3O3. The van der Waals surface area contributed by atoms with Gasteiger partial charge in [-0.3, -0.25) is 9.59 Å². The molecule has 0 aliphatic carbocycles. The highest BCUT2D eigenvalue weighted by Crippen LogP contribution is 2.17. The van der Waals surface area contributed by atoms with Gasteiger partial charge in [0, 0.05) is 13.1 Å². The van der Waals surface area contributed by atoms with E-state index in [1.54, 1.807) is 7.11 Å². The lowest BCUT2D eigenvalue weighted by atomic mass is 9.94. The Morgan fingerprint density at radius 2 is 1.83 bits per heavy atom. The Labute approximate surface area is 178 Å². The van der Waals surface area contributed by atoms with Crippen LogP contribution in [0.4, 0.5) is 0 Å². The van der Waals surface area contributed by atoms with Gasteiger partial charge >= 0.3 is 0 Å². The van der Waals surface area contributed by atoms with Crippen molar-refractivity contribution in [3.63, 3.8) is 0 Å². The molecule has 1 aliphatic heterocycles. The van der Waals surface area contributed by atoms with Crippen LogP contribution in [0.3, 0.4) is 0 Å². The number of methoxy groups -OCH3 is 1. The van der Waals surface area contributed by atoms with Crippen LogP contribution in [0, 0.1) is 5.92 Å². The molecule has 0 saturated heterocycles. The summed E-state index contributed by atoms with van der Waals surface area (Å²) in [4.78, 5) is 25.8. The van der Waals surface area contributed by atoms with Crippen LogP contribution in [-0.4, -0.2) is 31.0 Å². The molecule has 0 radical (unpaired) electrons. The maximum atomic E-state index is 12.9. The van der Waals surface area contributed by atoms with Gasteiger partial charge in [-0.15, -0.1) is 0 Å². The fraction of sp³-hybridized carbons (Fsp3) is 0.417. The van der Waals surface area contributed by atoms with Crippen molar-refractivity contribution in [2.24, 2.45) is 5.92 Å². The van der Waals surface area contributed by atoms with Crippen molar-refractivity contribution < 1.29 is 14.3 Å². The molecule has 3 N–H and O–H groups in total. The van der Waals surface area contributed by atoms with Crippen LogP contribution in [-0.2, 0) is 29.1 Å². The van der Waals surface area contributed by atoms with E-state index >= 15 is 0 Å². The normalized spacial score (nSPS) is 17.4. The van der Waals surface area contributed by atoms with E-state index in [0.717, 1.165) is 17.7 Å². The van der Waals surface area contributed by atoms with E-state index in [2.05, 4.69) is 28.1 Å². The van der Waals surface area contributed by atoms with Crippen LogP contribution in [0.5, 0.6) is 5.75 Å². The smallest absolute Gasteiger partial charge is 0.243 e. The summed E-state index contributed by atoms with van der Waals surface area (Å²) in [6.07, 6.45) is 1.42. The minimum atomic E-state index is -0.570. The lowest BCUT2D eigenvalue weighted by Crippen LogP contribution is -2.56. The fourth-order valence-electron chi connectivity index (χ4n) is 3.64. The van der Waals surface area contributed by atoms with Crippen molar-refractivity contribution >= 4 is 11.8 Å². The predicted octanol–water partition coefficient (Wildman–Crippen LogP) is 2.56. The number of carbonyl (C=O) groups excluding carboxylic acids is 2. The van der Waals surface area contributed by atoms with E-state index in [1.165, 1.54) is 11.1 Å². The molecule has 6 heteroatoms. The molecular weight excluding hydrogens is 378 g/mol. The summed E-state index contributed by atoms with van der Waals surface area (Å²) in [5.74, 6) is 0.510. The first-order valence-electron chi connectivity index (χ1n) is 10.5. The minimum Gasteiger partial charge on any atom is -0.497 e. The van der Waals surface area contributed by atoms with Crippen LogP contribution in [0.25, 0.3) is 0 Å². The molecule has 30 heavy (non-hydrogen) atoms. The Kier molecular flexibility index (Phi) is 7.46. The average molecular weight is 410 g/mol. The van der Waals surface area contributed by atoms with Crippen LogP contribution >= 0.6 is 0 Å². The SMILES string of the molecule is CCC(C)C(NC(=O)C1Cc2ccccc2CN1)C(=O)NCc1ccc(OC)cc1. The van der Waals surface area contributed by atoms with E-state index < -0.39 is 6.04 Å². The number of benzene rings is 2. The Morgan fingerprint density at radius 1 is 1.13 bits per heavy atom. The van der Waals surface area contributed by atoms with Crippen LogP contribution in [0.1, 0.15) is 37.0 Å². The Hall–Kier alpha value is -2.86. The van der Waals surface area contributed by atoms with Crippen molar-refractivity contribution in [2.75, 3.05) is 7.11 Å². The van der Waals surface area contributed by atoms with Crippen molar-refractivity contribution in [3.05, 3.63) is 65.2 Å². The molecule has 2 amide bonds. The van der Waals surface area contributed by atoms with E-state index in [-0.39, 0.29) is 23.8 Å². The third-order valence-corrected chi connectivity index (χ3v) is 5.82. The number of hydrogen-bond donors (Lipinski definition) is 3. The quantitative estimate of drug-likeness (QED) is 0.626. The summed E-state index contributed by atoms with van der Waals surface area (Å²) in [6.45, 7) is 5.07. The largest absolute Gasteiger partial charge is 0.497 e. The summed E-state index contributed by atoms with van der Waals surface area (Å²) in [5.41, 5.74) is 3.38. The van der Waals surface area contributed by atoms with Crippen LogP contribution < -0.4 is 20.7 Å². The second-order valence-corrected chi connectivity index (χ2v) is 7.84. The Bertz CT molecular complexity index is 866. The molecule has 1 aliphatic rings. The van der Waals surface area contributed by atoms with Gasteiger partial charge in [0.1, 0.15) is 11.8 Å². The highest BCUT2D eigenvalue weighted by Gasteiger charge is 2.30. The monoisotopic (exact) mass is 409 g/mol. The third-order valence-electron chi connectivity index (χ3n) is 5.82. The molecule has 0 aromatic heterocycles. The molecule has 160 valence electrons. The van der Waals surface area contributed by atoms with Gasteiger partial charge in [0.2, 0.25) is 11.8 Å². The lowest BCUT2D eigenvalue weighted by Gasteiger charge is -2.29. The summed E-state index contributed by atoms with van der Waals surface area (Å²) >= 11 is 0. The van der Waals surface area contributed by atoms with Crippen molar-refractivity contribution in [1.29, 1.82) is 0 Å². The van der Waals surface area contributed by atoms with Crippen molar-refractivity contribution in [3.8, 4) is 5.75 Å². The number of amides is 2.